The van der Waals surface area contributed by atoms with Gasteiger partial charge in [-0.1, -0.05) is 60.7 Å². The van der Waals surface area contributed by atoms with E-state index in [9.17, 15) is 14.0 Å². The van der Waals surface area contributed by atoms with Crippen molar-refractivity contribution >= 4 is 17.8 Å². The predicted octanol–water partition coefficient (Wildman–Crippen LogP) is 3.76. The molecule has 2 atom stereocenters. The summed E-state index contributed by atoms with van der Waals surface area (Å²) in [5.74, 6) is -1.55. The lowest BCUT2D eigenvalue weighted by molar-refractivity contribution is -0.129. The molecule has 0 spiro atoms. The van der Waals surface area contributed by atoms with E-state index in [1.54, 1.807) is 6.07 Å². The minimum atomic E-state index is -0.565. The van der Waals surface area contributed by atoms with Crippen LogP contribution >= 0.6 is 0 Å². The molecule has 0 saturated heterocycles. The van der Waals surface area contributed by atoms with Gasteiger partial charge in [-0.05, 0) is 41.8 Å². The van der Waals surface area contributed by atoms with Crippen molar-refractivity contribution in [1.82, 2.24) is 10.2 Å². The SMILES string of the molecule is C[C@H](NC(=O)c1cc(F)cc(CN2C(=O)C(c3ccccc3)CN=C2N)c1)c1ccccc1. The molecule has 3 N–H and O–H groups in total. The Morgan fingerprint density at radius 2 is 1.79 bits per heavy atom. The Morgan fingerprint density at radius 3 is 2.48 bits per heavy atom. The van der Waals surface area contributed by atoms with Gasteiger partial charge in [0.25, 0.3) is 5.91 Å². The molecule has 3 aromatic rings. The van der Waals surface area contributed by atoms with Crippen LogP contribution < -0.4 is 11.1 Å². The van der Waals surface area contributed by atoms with Gasteiger partial charge < -0.3 is 11.1 Å². The zero-order chi connectivity index (χ0) is 23.4. The van der Waals surface area contributed by atoms with E-state index >= 15 is 0 Å². The summed E-state index contributed by atoms with van der Waals surface area (Å²) in [5.41, 5.74) is 8.42. The molecule has 0 aliphatic carbocycles. The molecule has 168 valence electrons. The number of guanidine groups is 1. The third-order valence-corrected chi connectivity index (χ3v) is 5.69. The summed E-state index contributed by atoms with van der Waals surface area (Å²) in [6.45, 7) is 2.14. The Morgan fingerprint density at radius 1 is 1.12 bits per heavy atom. The molecule has 1 heterocycles. The van der Waals surface area contributed by atoms with E-state index in [4.69, 9.17) is 5.73 Å². The van der Waals surface area contributed by atoms with Crippen LogP contribution in [0.25, 0.3) is 0 Å². The Kier molecular flexibility index (Phi) is 6.49. The van der Waals surface area contributed by atoms with E-state index in [1.807, 2.05) is 67.6 Å². The summed E-state index contributed by atoms with van der Waals surface area (Å²) >= 11 is 0. The van der Waals surface area contributed by atoms with Crippen LogP contribution in [0, 0.1) is 5.82 Å². The van der Waals surface area contributed by atoms with Crippen molar-refractivity contribution in [3.05, 3.63) is 107 Å². The molecule has 0 saturated carbocycles. The van der Waals surface area contributed by atoms with Gasteiger partial charge in [-0.2, -0.15) is 0 Å². The summed E-state index contributed by atoms with van der Waals surface area (Å²) in [4.78, 5) is 31.6. The number of carbonyl (C=O) groups excluding carboxylic acids is 2. The normalized spacial score (nSPS) is 16.8. The van der Waals surface area contributed by atoms with E-state index < -0.39 is 17.6 Å². The number of rotatable bonds is 6. The minimum Gasteiger partial charge on any atom is -0.369 e. The first-order chi connectivity index (χ1) is 15.9. The minimum absolute atomic E-state index is 0.0176. The van der Waals surface area contributed by atoms with Crippen molar-refractivity contribution in [1.29, 1.82) is 0 Å². The zero-order valence-corrected chi connectivity index (χ0v) is 18.2. The summed E-state index contributed by atoms with van der Waals surface area (Å²) in [7, 11) is 0. The van der Waals surface area contributed by atoms with Gasteiger partial charge in [-0.15, -0.1) is 0 Å². The predicted molar refractivity (Wildman–Crippen MR) is 125 cm³/mol. The van der Waals surface area contributed by atoms with Crippen LogP contribution in [0.4, 0.5) is 4.39 Å². The van der Waals surface area contributed by atoms with Gasteiger partial charge in [-0.25, -0.2) is 4.39 Å². The maximum atomic E-state index is 14.4. The van der Waals surface area contributed by atoms with Crippen LogP contribution in [0.15, 0.2) is 83.9 Å². The van der Waals surface area contributed by atoms with Gasteiger partial charge in [0.05, 0.1) is 25.0 Å². The van der Waals surface area contributed by atoms with Gasteiger partial charge in [-0.3, -0.25) is 19.5 Å². The molecular formula is C26H25FN4O2. The zero-order valence-electron chi connectivity index (χ0n) is 18.2. The van der Waals surface area contributed by atoms with E-state index in [2.05, 4.69) is 10.3 Å². The topological polar surface area (TPSA) is 87.8 Å². The molecule has 6 nitrogen and oxygen atoms in total. The molecule has 0 radical (unpaired) electrons. The third kappa shape index (κ3) is 5.09. The molecular weight excluding hydrogens is 419 g/mol. The highest BCUT2D eigenvalue weighted by Gasteiger charge is 2.32. The number of aliphatic imine (C=N–C) groups is 1. The van der Waals surface area contributed by atoms with E-state index in [-0.39, 0.29) is 36.6 Å². The summed E-state index contributed by atoms with van der Waals surface area (Å²) in [6.07, 6.45) is 0. The van der Waals surface area contributed by atoms with Crippen molar-refractivity contribution in [2.24, 2.45) is 10.7 Å². The monoisotopic (exact) mass is 444 g/mol. The second-order valence-electron chi connectivity index (χ2n) is 8.04. The Balaban J connectivity index is 1.52. The van der Waals surface area contributed by atoms with Crippen LogP contribution in [0.1, 0.15) is 45.9 Å². The number of benzene rings is 3. The smallest absolute Gasteiger partial charge is 0.251 e. The molecule has 3 aromatic carbocycles. The number of nitrogens with two attached hydrogens (primary N) is 1. The fraction of sp³-hybridized carbons (Fsp3) is 0.192. The first-order valence-electron chi connectivity index (χ1n) is 10.7. The van der Waals surface area contributed by atoms with Crippen molar-refractivity contribution in [2.75, 3.05) is 6.54 Å². The standard InChI is InChI=1S/C26H25FN4O2/c1-17(19-8-4-2-5-9-19)30-24(32)21-12-18(13-22(27)14-21)16-31-25(33)23(15-29-26(31)28)20-10-6-3-7-11-20/h2-14,17,23H,15-16H2,1H3,(H2,28,29)(H,30,32)/t17-,23?/m0/s1. The lowest BCUT2D eigenvalue weighted by Crippen LogP contribution is -2.47. The summed E-state index contributed by atoms with van der Waals surface area (Å²) in [5, 5.41) is 2.88. The van der Waals surface area contributed by atoms with Gasteiger partial charge in [0, 0.05) is 5.56 Å². The molecule has 2 amide bonds. The van der Waals surface area contributed by atoms with Gasteiger partial charge in [0.1, 0.15) is 5.82 Å². The molecule has 33 heavy (non-hydrogen) atoms. The van der Waals surface area contributed by atoms with Crippen LogP contribution in [-0.2, 0) is 11.3 Å². The number of nitrogens with one attached hydrogen (secondary N) is 1. The summed E-state index contributed by atoms with van der Waals surface area (Å²) < 4.78 is 14.4. The lowest BCUT2D eigenvalue weighted by Gasteiger charge is -2.30. The number of hydrogen-bond donors (Lipinski definition) is 2. The molecule has 0 aromatic heterocycles. The molecule has 7 heteroatoms. The lowest BCUT2D eigenvalue weighted by atomic mass is 9.96. The fourth-order valence-electron chi connectivity index (χ4n) is 3.90. The average molecular weight is 445 g/mol. The molecule has 1 unspecified atom stereocenters. The first kappa shape index (κ1) is 22.2. The maximum Gasteiger partial charge on any atom is 0.251 e. The molecule has 4 rings (SSSR count). The highest BCUT2D eigenvalue weighted by molar-refractivity contribution is 6.01. The Labute approximate surface area is 191 Å². The Hall–Kier alpha value is -4.00. The summed E-state index contributed by atoms with van der Waals surface area (Å²) in [6, 6.07) is 22.7. The first-order valence-corrected chi connectivity index (χ1v) is 10.7. The van der Waals surface area contributed by atoms with E-state index in [0.29, 0.717) is 5.56 Å². The quantitative estimate of drug-likeness (QED) is 0.607. The number of hydrogen-bond acceptors (Lipinski definition) is 4. The van der Waals surface area contributed by atoms with Crippen LogP contribution in [-0.4, -0.2) is 29.2 Å². The molecule has 1 aliphatic heterocycles. The molecule has 0 bridgehead atoms. The van der Waals surface area contributed by atoms with Gasteiger partial charge in [0.15, 0.2) is 5.96 Å². The van der Waals surface area contributed by atoms with Crippen LogP contribution in [0.2, 0.25) is 0 Å². The van der Waals surface area contributed by atoms with E-state index in [1.165, 1.54) is 17.0 Å². The number of amides is 2. The highest BCUT2D eigenvalue weighted by atomic mass is 19.1. The van der Waals surface area contributed by atoms with Gasteiger partial charge in [0.2, 0.25) is 5.91 Å². The van der Waals surface area contributed by atoms with Crippen LogP contribution in [0.3, 0.4) is 0 Å². The van der Waals surface area contributed by atoms with Crippen molar-refractivity contribution in [3.63, 3.8) is 0 Å². The molecule has 1 aliphatic rings. The van der Waals surface area contributed by atoms with Crippen molar-refractivity contribution in [3.8, 4) is 0 Å². The average Bonchev–Trinajstić information content (AvgIpc) is 2.82. The van der Waals surface area contributed by atoms with Crippen molar-refractivity contribution in [2.45, 2.75) is 25.4 Å². The maximum absolute atomic E-state index is 14.4. The van der Waals surface area contributed by atoms with Gasteiger partial charge >= 0.3 is 0 Å². The third-order valence-electron chi connectivity index (χ3n) is 5.69. The van der Waals surface area contributed by atoms with E-state index in [0.717, 1.165) is 11.1 Å². The highest BCUT2D eigenvalue weighted by Crippen LogP contribution is 2.24. The second-order valence-corrected chi connectivity index (χ2v) is 8.04. The Bertz CT molecular complexity index is 1180. The number of carbonyl (C=O) groups is 2. The molecule has 0 fully saturated rings. The second kappa shape index (κ2) is 9.65. The largest absolute Gasteiger partial charge is 0.369 e. The van der Waals surface area contributed by atoms with Crippen molar-refractivity contribution < 1.29 is 14.0 Å². The number of nitrogens with zero attached hydrogens (tertiary/aromatic N) is 2. The fourth-order valence-corrected chi connectivity index (χ4v) is 3.90. The van der Waals surface area contributed by atoms with Crippen LogP contribution in [0.5, 0.6) is 0 Å². The number of halogens is 1.